The molecule has 0 fully saturated rings. The smallest absolute Gasteiger partial charge is 0.265 e. The Kier molecular flexibility index (Phi) is 3.69. The molecule has 21 heavy (non-hydrogen) atoms. The van der Waals surface area contributed by atoms with Crippen LogP contribution in [-0.2, 0) is 22.9 Å². The first-order chi connectivity index (χ1) is 10.1. The minimum atomic E-state index is -3.70. The van der Waals surface area contributed by atoms with Gasteiger partial charge in [0.2, 0.25) is 0 Å². The highest BCUT2D eigenvalue weighted by Gasteiger charge is 2.24. The van der Waals surface area contributed by atoms with Crippen molar-refractivity contribution in [3.05, 3.63) is 28.4 Å². The van der Waals surface area contributed by atoms with Crippen molar-refractivity contribution in [2.45, 2.75) is 37.0 Å². The van der Waals surface area contributed by atoms with Crippen LogP contribution in [0.5, 0.6) is 0 Å². The van der Waals surface area contributed by atoms with E-state index in [-0.39, 0.29) is 4.90 Å². The van der Waals surface area contributed by atoms with Crippen LogP contribution < -0.4 is 4.72 Å². The van der Waals surface area contributed by atoms with Crippen molar-refractivity contribution < 1.29 is 8.42 Å². The Morgan fingerprint density at radius 1 is 1.33 bits per heavy atom. The number of sulfonamides is 1. The van der Waals surface area contributed by atoms with Crippen LogP contribution in [0, 0.1) is 11.3 Å². The Balaban J connectivity index is 1.99. The van der Waals surface area contributed by atoms with Crippen molar-refractivity contribution in [3.8, 4) is 6.07 Å². The molecule has 2 heterocycles. The molecule has 0 spiro atoms. The molecule has 0 radical (unpaired) electrons. The lowest BCUT2D eigenvalue weighted by molar-refractivity contribution is 0.601. The number of thiophene rings is 1. The van der Waals surface area contributed by atoms with Gasteiger partial charge in [0.15, 0.2) is 0 Å². The van der Waals surface area contributed by atoms with Crippen molar-refractivity contribution >= 4 is 26.4 Å². The van der Waals surface area contributed by atoms with Crippen LogP contribution in [0.3, 0.4) is 0 Å². The summed E-state index contributed by atoms with van der Waals surface area (Å²) >= 11 is 1.38. The standard InChI is InChI=1S/C13H14N4O2S2/c14-6-11-10-4-2-1-3-5-12(10)20-13(11)17-21(18,19)9-7-15-16-8-9/h7-8,17H,1-5H2,(H,15,16). The highest BCUT2D eigenvalue weighted by molar-refractivity contribution is 7.93. The number of hydrogen-bond donors (Lipinski definition) is 2. The predicted molar refractivity (Wildman–Crippen MR) is 79.7 cm³/mol. The quantitative estimate of drug-likeness (QED) is 0.848. The number of aromatic amines is 1. The summed E-state index contributed by atoms with van der Waals surface area (Å²) in [6.07, 6.45) is 7.62. The third-order valence-corrected chi connectivity index (χ3v) is 6.20. The lowest BCUT2D eigenvalue weighted by Crippen LogP contribution is -2.12. The molecule has 0 amide bonds. The van der Waals surface area contributed by atoms with Crippen molar-refractivity contribution in [3.63, 3.8) is 0 Å². The molecular weight excluding hydrogens is 308 g/mol. The summed E-state index contributed by atoms with van der Waals surface area (Å²) in [5, 5.41) is 15.9. The SMILES string of the molecule is N#Cc1c(NS(=O)(=O)c2cn[nH]c2)sc2c1CCCCC2. The van der Waals surface area contributed by atoms with Crippen LogP contribution in [0.4, 0.5) is 5.00 Å². The van der Waals surface area contributed by atoms with Crippen molar-refractivity contribution in [1.29, 1.82) is 5.26 Å². The zero-order valence-electron chi connectivity index (χ0n) is 11.2. The van der Waals surface area contributed by atoms with Gasteiger partial charge in [0.1, 0.15) is 16.0 Å². The molecule has 0 bridgehead atoms. The largest absolute Gasteiger partial charge is 0.284 e. The van der Waals surface area contributed by atoms with E-state index < -0.39 is 10.0 Å². The van der Waals surface area contributed by atoms with Gasteiger partial charge in [-0.3, -0.25) is 9.82 Å². The average Bonchev–Trinajstić information content (AvgIpc) is 3.03. The topological polar surface area (TPSA) is 98.6 Å². The normalized spacial score (nSPS) is 15.0. The van der Waals surface area contributed by atoms with Crippen LogP contribution in [0.2, 0.25) is 0 Å². The second-order valence-corrected chi connectivity index (χ2v) is 7.71. The van der Waals surface area contributed by atoms with Crippen LogP contribution >= 0.6 is 11.3 Å². The third-order valence-electron chi connectivity index (χ3n) is 3.54. The maximum Gasteiger partial charge on any atom is 0.265 e. The van der Waals surface area contributed by atoms with Crippen LogP contribution in [0.1, 0.15) is 35.3 Å². The number of nitrogens with zero attached hydrogens (tertiary/aromatic N) is 2. The summed E-state index contributed by atoms with van der Waals surface area (Å²) in [4.78, 5) is 1.20. The van der Waals surface area contributed by atoms with Gasteiger partial charge in [-0.2, -0.15) is 10.4 Å². The first-order valence-electron chi connectivity index (χ1n) is 6.68. The van der Waals surface area contributed by atoms with E-state index in [4.69, 9.17) is 0 Å². The molecule has 2 N–H and O–H groups in total. The number of nitriles is 1. The molecule has 1 aliphatic rings. The maximum absolute atomic E-state index is 12.2. The van der Waals surface area contributed by atoms with Gasteiger partial charge in [0.05, 0.1) is 11.8 Å². The van der Waals surface area contributed by atoms with E-state index in [2.05, 4.69) is 21.0 Å². The number of fused-ring (bicyclic) bond motifs is 1. The fourth-order valence-corrected chi connectivity index (χ4v) is 4.95. The molecule has 8 heteroatoms. The molecule has 0 aliphatic heterocycles. The van der Waals surface area contributed by atoms with Gasteiger partial charge in [-0.05, 0) is 31.2 Å². The fourth-order valence-electron chi connectivity index (χ4n) is 2.50. The second-order valence-electron chi connectivity index (χ2n) is 4.92. The van der Waals surface area contributed by atoms with Gasteiger partial charge < -0.3 is 0 Å². The van der Waals surface area contributed by atoms with E-state index in [0.29, 0.717) is 10.6 Å². The Morgan fingerprint density at radius 3 is 2.86 bits per heavy atom. The molecule has 0 saturated heterocycles. The van der Waals surface area contributed by atoms with Crippen molar-refractivity contribution in [1.82, 2.24) is 10.2 Å². The summed E-state index contributed by atoms with van der Waals surface area (Å²) in [6, 6.07) is 2.16. The number of anilines is 1. The van der Waals surface area contributed by atoms with E-state index in [9.17, 15) is 13.7 Å². The van der Waals surface area contributed by atoms with E-state index in [0.717, 1.165) is 42.5 Å². The molecule has 6 nitrogen and oxygen atoms in total. The average molecular weight is 322 g/mol. The number of H-pyrrole nitrogens is 1. The first kappa shape index (κ1) is 14.1. The van der Waals surface area contributed by atoms with Gasteiger partial charge in [-0.1, -0.05) is 6.42 Å². The number of rotatable bonds is 3. The van der Waals surface area contributed by atoms with Crippen molar-refractivity contribution in [2.24, 2.45) is 0 Å². The number of aromatic nitrogens is 2. The first-order valence-corrected chi connectivity index (χ1v) is 8.98. The highest BCUT2D eigenvalue weighted by atomic mass is 32.2. The predicted octanol–water partition coefficient (Wildman–Crippen LogP) is 2.41. The summed E-state index contributed by atoms with van der Waals surface area (Å²) in [5.41, 5.74) is 1.49. The second kappa shape index (κ2) is 5.50. The number of aryl methyl sites for hydroxylation is 1. The van der Waals surface area contributed by atoms with Gasteiger partial charge in [0.25, 0.3) is 10.0 Å². The van der Waals surface area contributed by atoms with E-state index in [1.54, 1.807) is 0 Å². The Bertz CT molecular complexity index is 785. The lowest BCUT2D eigenvalue weighted by Gasteiger charge is -2.04. The monoisotopic (exact) mass is 322 g/mol. The zero-order chi connectivity index (χ0) is 14.9. The Labute approximate surface area is 126 Å². The van der Waals surface area contributed by atoms with E-state index in [1.165, 1.54) is 23.7 Å². The third kappa shape index (κ3) is 2.66. The highest BCUT2D eigenvalue weighted by Crippen LogP contribution is 2.37. The molecule has 0 aromatic carbocycles. The summed E-state index contributed by atoms with van der Waals surface area (Å²) < 4.78 is 27.0. The molecule has 3 rings (SSSR count). The summed E-state index contributed by atoms with van der Waals surface area (Å²) in [7, 11) is -3.70. The Morgan fingerprint density at radius 2 is 2.14 bits per heavy atom. The number of hydrogen-bond acceptors (Lipinski definition) is 5. The number of nitrogens with one attached hydrogen (secondary N) is 2. The fraction of sp³-hybridized carbons (Fsp3) is 0.385. The van der Waals surface area contributed by atoms with Crippen LogP contribution in [-0.4, -0.2) is 18.6 Å². The molecule has 2 aromatic heterocycles. The van der Waals surface area contributed by atoms with E-state index in [1.807, 2.05) is 0 Å². The summed E-state index contributed by atoms with van der Waals surface area (Å²) in [6.45, 7) is 0. The molecular formula is C13H14N4O2S2. The minimum Gasteiger partial charge on any atom is -0.284 e. The Hall–Kier alpha value is -1.85. The molecule has 110 valence electrons. The van der Waals surface area contributed by atoms with Crippen LogP contribution in [0.15, 0.2) is 17.3 Å². The summed E-state index contributed by atoms with van der Waals surface area (Å²) in [5.74, 6) is 0. The molecule has 2 aromatic rings. The zero-order valence-corrected chi connectivity index (χ0v) is 12.9. The molecule has 0 saturated carbocycles. The maximum atomic E-state index is 12.2. The molecule has 1 aliphatic carbocycles. The van der Waals surface area contributed by atoms with Gasteiger partial charge in [-0.15, -0.1) is 11.3 Å². The van der Waals surface area contributed by atoms with Gasteiger partial charge in [0, 0.05) is 11.1 Å². The molecule has 0 atom stereocenters. The molecule has 0 unspecified atom stereocenters. The minimum absolute atomic E-state index is 0.0648. The van der Waals surface area contributed by atoms with Crippen molar-refractivity contribution in [2.75, 3.05) is 4.72 Å². The lowest BCUT2D eigenvalue weighted by atomic mass is 10.1. The van der Waals surface area contributed by atoms with E-state index >= 15 is 0 Å². The van der Waals surface area contributed by atoms with Gasteiger partial charge >= 0.3 is 0 Å². The van der Waals surface area contributed by atoms with Crippen LogP contribution in [0.25, 0.3) is 0 Å². The van der Waals surface area contributed by atoms with Gasteiger partial charge in [-0.25, -0.2) is 8.42 Å².